The van der Waals surface area contributed by atoms with Gasteiger partial charge in [0, 0.05) is 20.2 Å². The zero-order valence-corrected chi connectivity index (χ0v) is 15.3. The van der Waals surface area contributed by atoms with E-state index in [4.69, 9.17) is 9.47 Å². The summed E-state index contributed by atoms with van der Waals surface area (Å²) >= 11 is 0. The van der Waals surface area contributed by atoms with Gasteiger partial charge in [0.15, 0.2) is 6.29 Å². The average Bonchev–Trinajstić information content (AvgIpc) is 3.13. The summed E-state index contributed by atoms with van der Waals surface area (Å²) < 4.78 is 12.4. The Hall–Kier alpha value is -2.22. The van der Waals surface area contributed by atoms with Gasteiger partial charge in [0.1, 0.15) is 12.3 Å². The number of esters is 1. The van der Waals surface area contributed by atoms with Gasteiger partial charge in [-0.05, 0) is 19.5 Å². The fourth-order valence-corrected chi connectivity index (χ4v) is 3.54. The summed E-state index contributed by atoms with van der Waals surface area (Å²) in [4.78, 5) is 18.8. The number of aromatic nitrogens is 2. The highest BCUT2D eigenvalue weighted by atomic mass is 16.6. The molecule has 7 nitrogen and oxygen atoms in total. The number of methoxy groups -OCH3 is 1. The summed E-state index contributed by atoms with van der Waals surface area (Å²) in [6.07, 6.45) is 2.17. The monoisotopic (exact) mass is 359 g/mol. The summed E-state index contributed by atoms with van der Waals surface area (Å²) in [5.41, 5.74) is 0.872. The zero-order chi connectivity index (χ0) is 18.7. The number of benzene rings is 1. The van der Waals surface area contributed by atoms with Gasteiger partial charge < -0.3 is 24.0 Å². The first kappa shape index (κ1) is 18.6. The molecule has 3 rings (SSSR count). The van der Waals surface area contributed by atoms with Crippen molar-refractivity contribution < 1.29 is 19.4 Å². The summed E-state index contributed by atoms with van der Waals surface area (Å²) in [6, 6.07) is 9.85. The number of aliphatic hydroxyl groups is 1. The first-order valence-corrected chi connectivity index (χ1v) is 8.60. The number of nitrogens with zero attached hydrogens (tertiary/aromatic N) is 3. The predicted molar refractivity (Wildman–Crippen MR) is 95.7 cm³/mol. The lowest BCUT2D eigenvalue weighted by Crippen LogP contribution is -2.63. The average molecular weight is 359 g/mol. The van der Waals surface area contributed by atoms with Gasteiger partial charge >= 0.3 is 5.97 Å². The Bertz CT molecular complexity index is 740. The molecule has 0 bridgehead atoms. The van der Waals surface area contributed by atoms with E-state index in [-0.39, 0.29) is 12.6 Å². The number of aliphatic hydroxyl groups excluding tert-OH is 1. The highest BCUT2D eigenvalue weighted by molar-refractivity contribution is 5.87. The van der Waals surface area contributed by atoms with Crippen molar-refractivity contribution in [3.63, 3.8) is 0 Å². The van der Waals surface area contributed by atoms with Crippen LogP contribution in [0.1, 0.15) is 29.0 Å². The standard InChI is InChI=1S/C19H25N3O4/c1-14(15-7-5-4-6-8-15)22-13-20-9-16(22)17(23)26-12-19(18(24)25-3)10-21(2)11-19/h4-9,13-14,18,24H,10-12H2,1-3H3/t14-,18?/m1/s1. The Kier molecular flexibility index (Phi) is 5.41. The normalized spacial score (nSPS) is 18.8. The Morgan fingerprint density at radius 1 is 1.35 bits per heavy atom. The molecule has 1 N–H and O–H groups in total. The molecule has 0 saturated carbocycles. The number of carbonyl (C=O) groups excluding carboxylic acids is 1. The van der Waals surface area contributed by atoms with Crippen molar-refractivity contribution in [2.45, 2.75) is 19.3 Å². The summed E-state index contributed by atoms with van der Waals surface area (Å²) in [5, 5.41) is 10.1. The van der Waals surface area contributed by atoms with Crippen LogP contribution < -0.4 is 0 Å². The van der Waals surface area contributed by atoms with Crippen LogP contribution in [0.4, 0.5) is 0 Å². The van der Waals surface area contributed by atoms with Crippen molar-refractivity contribution in [1.29, 1.82) is 0 Å². The molecule has 0 amide bonds. The zero-order valence-electron chi connectivity index (χ0n) is 15.3. The minimum atomic E-state index is -0.973. The van der Waals surface area contributed by atoms with Gasteiger partial charge in [-0.15, -0.1) is 0 Å². The molecule has 1 unspecified atom stereocenters. The highest BCUT2D eigenvalue weighted by Gasteiger charge is 2.49. The van der Waals surface area contributed by atoms with Gasteiger partial charge in [-0.3, -0.25) is 0 Å². The Labute approximate surface area is 153 Å². The first-order chi connectivity index (χ1) is 12.5. The molecule has 1 aromatic heterocycles. The van der Waals surface area contributed by atoms with E-state index >= 15 is 0 Å². The molecular weight excluding hydrogens is 334 g/mol. The molecule has 2 aromatic rings. The number of likely N-dealkylation sites (tertiary alicyclic amines) is 1. The molecule has 2 heterocycles. The van der Waals surface area contributed by atoms with Gasteiger partial charge in [-0.1, -0.05) is 30.3 Å². The summed E-state index contributed by atoms with van der Waals surface area (Å²) in [6.45, 7) is 3.31. The number of ether oxygens (including phenoxy) is 2. The molecule has 7 heteroatoms. The maximum atomic E-state index is 12.6. The third-order valence-corrected chi connectivity index (χ3v) is 4.98. The molecule has 2 atom stereocenters. The van der Waals surface area contributed by atoms with Gasteiger partial charge in [0.25, 0.3) is 0 Å². The van der Waals surface area contributed by atoms with Crippen LogP contribution in [0.15, 0.2) is 42.9 Å². The second kappa shape index (κ2) is 7.57. The molecule has 140 valence electrons. The smallest absolute Gasteiger partial charge is 0.356 e. The van der Waals surface area contributed by atoms with E-state index in [1.165, 1.54) is 13.3 Å². The van der Waals surface area contributed by atoms with Crippen molar-refractivity contribution in [2.24, 2.45) is 5.41 Å². The fourth-order valence-electron chi connectivity index (χ4n) is 3.54. The maximum absolute atomic E-state index is 12.6. The van der Waals surface area contributed by atoms with Crippen molar-refractivity contribution in [3.05, 3.63) is 54.1 Å². The van der Waals surface area contributed by atoms with E-state index in [0.717, 1.165) is 5.56 Å². The minimum Gasteiger partial charge on any atom is -0.460 e. The van der Waals surface area contributed by atoms with Crippen molar-refractivity contribution in [2.75, 3.05) is 33.9 Å². The summed E-state index contributed by atoms with van der Waals surface area (Å²) in [5.74, 6) is -0.456. The lowest BCUT2D eigenvalue weighted by molar-refractivity contribution is -0.217. The van der Waals surface area contributed by atoms with Crippen LogP contribution in [0.3, 0.4) is 0 Å². The lowest BCUT2D eigenvalue weighted by atomic mass is 9.80. The van der Waals surface area contributed by atoms with Crippen LogP contribution in [0.2, 0.25) is 0 Å². The van der Waals surface area contributed by atoms with Crippen LogP contribution in [0.25, 0.3) is 0 Å². The van der Waals surface area contributed by atoms with Crippen molar-refractivity contribution >= 4 is 5.97 Å². The van der Waals surface area contributed by atoms with Crippen molar-refractivity contribution in [3.8, 4) is 0 Å². The second-order valence-corrected chi connectivity index (χ2v) is 6.97. The number of hydrogen-bond acceptors (Lipinski definition) is 6. The number of hydrogen-bond donors (Lipinski definition) is 1. The van der Waals surface area contributed by atoms with Gasteiger partial charge in [0.05, 0.1) is 24.0 Å². The predicted octanol–water partition coefficient (Wildman–Crippen LogP) is 1.55. The fraction of sp³-hybridized carbons (Fsp3) is 0.474. The third-order valence-electron chi connectivity index (χ3n) is 4.98. The van der Waals surface area contributed by atoms with Gasteiger partial charge in [-0.25, -0.2) is 9.78 Å². The highest BCUT2D eigenvalue weighted by Crippen LogP contribution is 2.34. The van der Waals surface area contributed by atoms with Crippen LogP contribution in [-0.4, -0.2) is 65.7 Å². The number of rotatable bonds is 7. The molecule has 1 aromatic carbocycles. The SMILES string of the molecule is COC(O)C1(COC(=O)c2cncn2[C@H](C)c2ccccc2)CN(C)C1. The quantitative estimate of drug-likeness (QED) is 0.597. The maximum Gasteiger partial charge on any atom is 0.356 e. The first-order valence-electron chi connectivity index (χ1n) is 8.60. The van der Waals surface area contributed by atoms with E-state index in [1.54, 1.807) is 10.9 Å². The van der Waals surface area contributed by atoms with E-state index in [9.17, 15) is 9.90 Å². The Balaban J connectivity index is 1.71. The molecular formula is C19H25N3O4. The number of carbonyl (C=O) groups is 1. The van der Waals surface area contributed by atoms with Gasteiger partial charge in [0.2, 0.25) is 0 Å². The van der Waals surface area contributed by atoms with Crippen LogP contribution in [0.5, 0.6) is 0 Å². The molecule has 1 aliphatic rings. The molecule has 1 fully saturated rings. The van der Waals surface area contributed by atoms with E-state index in [2.05, 4.69) is 4.98 Å². The molecule has 0 aliphatic carbocycles. The van der Waals surface area contributed by atoms with Crippen LogP contribution >= 0.6 is 0 Å². The van der Waals surface area contributed by atoms with E-state index in [1.807, 2.05) is 49.2 Å². The second-order valence-electron chi connectivity index (χ2n) is 6.97. The van der Waals surface area contributed by atoms with E-state index < -0.39 is 17.7 Å². The van der Waals surface area contributed by atoms with Crippen LogP contribution in [-0.2, 0) is 9.47 Å². The number of imidazole rings is 1. The molecule has 1 saturated heterocycles. The molecule has 0 radical (unpaired) electrons. The lowest BCUT2D eigenvalue weighted by Gasteiger charge is -2.49. The Morgan fingerprint density at radius 2 is 2.04 bits per heavy atom. The van der Waals surface area contributed by atoms with Crippen LogP contribution in [0, 0.1) is 5.41 Å². The minimum absolute atomic E-state index is 0.0467. The Morgan fingerprint density at radius 3 is 2.65 bits per heavy atom. The topological polar surface area (TPSA) is 76.8 Å². The van der Waals surface area contributed by atoms with Crippen molar-refractivity contribution in [1.82, 2.24) is 14.5 Å². The third kappa shape index (κ3) is 3.51. The molecule has 0 spiro atoms. The molecule has 1 aliphatic heterocycles. The molecule has 26 heavy (non-hydrogen) atoms. The largest absolute Gasteiger partial charge is 0.460 e. The van der Waals surface area contributed by atoms with E-state index in [0.29, 0.717) is 18.8 Å². The van der Waals surface area contributed by atoms with Gasteiger partial charge in [-0.2, -0.15) is 0 Å². The summed E-state index contributed by atoms with van der Waals surface area (Å²) in [7, 11) is 3.39.